The molecule has 1 saturated heterocycles. The van der Waals surface area contributed by atoms with Gasteiger partial charge >= 0.3 is 5.97 Å². The Labute approximate surface area is 133 Å². The molecule has 21 heavy (non-hydrogen) atoms. The third-order valence-corrected chi connectivity index (χ3v) is 6.71. The van der Waals surface area contributed by atoms with Crippen LogP contribution in [0.25, 0.3) is 0 Å². The topological polar surface area (TPSA) is 52.6 Å². The zero-order valence-corrected chi connectivity index (χ0v) is 14.6. The fourth-order valence-electron chi connectivity index (χ4n) is 3.37. The first-order valence-electron chi connectivity index (χ1n) is 8.13. The number of likely N-dealkylation sites (N-methyl/N-ethyl adjacent to an activating group) is 1. The fraction of sp³-hybridized carbons (Fsp3) is 0.938. The molecule has 0 aromatic carbocycles. The minimum absolute atomic E-state index is 0.180. The average Bonchev–Trinajstić information content (AvgIpc) is 2.78. The standard InChI is InChI=1S/C16H30N2O2S/c1-5-18(9-15(19)20)13-6-11(7-13)17-12-8-14(21-10-12)16(2,3)4/h11-14,17H,5-10H2,1-4H3,(H,19,20). The molecule has 0 aromatic rings. The van der Waals surface area contributed by atoms with Gasteiger partial charge in [-0.1, -0.05) is 27.7 Å². The lowest BCUT2D eigenvalue weighted by atomic mass is 9.84. The third-order valence-electron chi connectivity index (χ3n) is 4.81. The normalized spacial score (nSPS) is 33.2. The molecule has 0 radical (unpaired) electrons. The van der Waals surface area contributed by atoms with Crippen LogP contribution >= 0.6 is 11.8 Å². The van der Waals surface area contributed by atoms with E-state index >= 15 is 0 Å². The van der Waals surface area contributed by atoms with Gasteiger partial charge in [0.15, 0.2) is 0 Å². The zero-order valence-electron chi connectivity index (χ0n) is 13.8. The number of carbonyl (C=O) groups is 1. The molecule has 122 valence electrons. The van der Waals surface area contributed by atoms with Crippen molar-refractivity contribution in [1.29, 1.82) is 0 Å². The van der Waals surface area contributed by atoms with Gasteiger partial charge in [0.25, 0.3) is 0 Å². The Kier molecular flexibility index (Phi) is 5.60. The van der Waals surface area contributed by atoms with E-state index in [-0.39, 0.29) is 6.54 Å². The highest BCUT2D eigenvalue weighted by atomic mass is 32.2. The predicted molar refractivity (Wildman–Crippen MR) is 88.9 cm³/mol. The van der Waals surface area contributed by atoms with E-state index in [1.54, 1.807) is 0 Å². The summed E-state index contributed by atoms with van der Waals surface area (Å²) in [6.45, 7) is 10.0. The van der Waals surface area contributed by atoms with Crippen LogP contribution in [0.3, 0.4) is 0 Å². The monoisotopic (exact) mass is 314 g/mol. The molecule has 5 heteroatoms. The molecule has 0 amide bonds. The van der Waals surface area contributed by atoms with Gasteiger partial charge in [-0.05, 0) is 31.2 Å². The van der Waals surface area contributed by atoms with Crippen LogP contribution in [0.1, 0.15) is 47.0 Å². The summed E-state index contributed by atoms with van der Waals surface area (Å²) in [6, 6.07) is 1.68. The van der Waals surface area contributed by atoms with E-state index in [1.807, 2.05) is 6.92 Å². The minimum atomic E-state index is -0.714. The van der Waals surface area contributed by atoms with Gasteiger partial charge in [-0.25, -0.2) is 0 Å². The summed E-state index contributed by atoms with van der Waals surface area (Å²) in [5.74, 6) is 0.504. The van der Waals surface area contributed by atoms with Gasteiger partial charge in [0.2, 0.25) is 0 Å². The Morgan fingerprint density at radius 3 is 2.43 bits per heavy atom. The SMILES string of the molecule is CCN(CC(=O)O)C1CC(NC2CSC(C(C)(C)C)C2)C1. The average molecular weight is 314 g/mol. The lowest BCUT2D eigenvalue weighted by Gasteiger charge is -2.43. The molecule has 1 heterocycles. The number of carboxylic acid groups (broad SMARTS) is 1. The maximum absolute atomic E-state index is 10.8. The predicted octanol–water partition coefficient (Wildman–Crippen LogP) is 2.43. The van der Waals surface area contributed by atoms with Gasteiger partial charge in [0.1, 0.15) is 0 Å². The van der Waals surface area contributed by atoms with Crippen LogP contribution in [-0.2, 0) is 4.79 Å². The molecule has 4 nitrogen and oxygen atoms in total. The van der Waals surface area contributed by atoms with E-state index < -0.39 is 5.97 Å². The Morgan fingerprint density at radius 1 is 1.29 bits per heavy atom. The molecule has 1 aliphatic carbocycles. The number of rotatable bonds is 6. The highest BCUT2D eigenvalue weighted by molar-refractivity contribution is 8.00. The maximum atomic E-state index is 10.8. The van der Waals surface area contributed by atoms with Crippen molar-refractivity contribution in [2.75, 3.05) is 18.8 Å². The summed E-state index contributed by atoms with van der Waals surface area (Å²) in [7, 11) is 0. The molecule has 2 N–H and O–H groups in total. The van der Waals surface area contributed by atoms with Gasteiger partial charge < -0.3 is 10.4 Å². The van der Waals surface area contributed by atoms with Crippen molar-refractivity contribution in [2.45, 2.75) is 70.3 Å². The van der Waals surface area contributed by atoms with Crippen LogP contribution in [0.2, 0.25) is 0 Å². The maximum Gasteiger partial charge on any atom is 0.317 e. The van der Waals surface area contributed by atoms with Gasteiger partial charge in [-0.3, -0.25) is 9.69 Å². The van der Waals surface area contributed by atoms with Crippen LogP contribution in [0, 0.1) is 5.41 Å². The molecule has 2 unspecified atom stereocenters. The van der Waals surface area contributed by atoms with Crippen molar-refractivity contribution in [3.05, 3.63) is 0 Å². The molecule has 2 atom stereocenters. The van der Waals surface area contributed by atoms with E-state index in [4.69, 9.17) is 5.11 Å². The number of aliphatic carboxylic acids is 1. The summed E-state index contributed by atoms with van der Waals surface area (Å²) in [4.78, 5) is 12.9. The molecular weight excluding hydrogens is 284 g/mol. The third kappa shape index (κ3) is 4.60. The zero-order chi connectivity index (χ0) is 15.6. The van der Waals surface area contributed by atoms with E-state index in [0.717, 1.165) is 24.6 Å². The van der Waals surface area contributed by atoms with Crippen LogP contribution in [-0.4, -0.2) is 58.2 Å². The smallest absolute Gasteiger partial charge is 0.317 e. The van der Waals surface area contributed by atoms with E-state index in [1.165, 1.54) is 12.2 Å². The van der Waals surface area contributed by atoms with Crippen molar-refractivity contribution < 1.29 is 9.90 Å². The molecular formula is C16H30N2O2S. The lowest BCUT2D eigenvalue weighted by molar-refractivity contribution is -0.139. The Hall–Kier alpha value is -0.260. The van der Waals surface area contributed by atoms with Crippen molar-refractivity contribution in [2.24, 2.45) is 5.41 Å². The highest BCUT2D eigenvalue weighted by Crippen LogP contribution is 2.40. The van der Waals surface area contributed by atoms with Crippen molar-refractivity contribution >= 4 is 17.7 Å². The molecule has 1 aliphatic heterocycles. The number of nitrogens with zero attached hydrogens (tertiary/aromatic N) is 1. The van der Waals surface area contributed by atoms with Crippen molar-refractivity contribution in [3.8, 4) is 0 Å². The Balaban J connectivity index is 1.70. The first-order chi connectivity index (χ1) is 9.79. The molecule has 1 saturated carbocycles. The molecule has 0 aromatic heterocycles. The summed E-state index contributed by atoms with van der Waals surface area (Å²) in [6.07, 6.45) is 3.47. The second-order valence-corrected chi connectivity index (χ2v) is 8.80. The second kappa shape index (κ2) is 6.88. The number of hydrogen-bond donors (Lipinski definition) is 2. The Bertz CT molecular complexity index is 364. The van der Waals surface area contributed by atoms with Gasteiger partial charge in [-0.15, -0.1) is 0 Å². The molecule has 0 bridgehead atoms. The molecule has 2 aliphatic rings. The first-order valence-corrected chi connectivity index (χ1v) is 9.18. The van der Waals surface area contributed by atoms with E-state index in [9.17, 15) is 4.79 Å². The number of carboxylic acids is 1. The first kappa shape index (κ1) is 17.1. The van der Waals surface area contributed by atoms with Crippen molar-refractivity contribution in [1.82, 2.24) is 10.2 Å². The van der Waals surface area contributed by atoms with Crippen LogP contribution in [0.5, 0.6) is 0 Å². The Morgan fingerprint density at radius 2 is 1.95 bits per heavy atom. The van der Waals surface area contributed by atoms with E-state index in [2.05, 4.69) is 42.7 Å². The second-order valence-electron chi connectivity index (χ2n) is 7.57. The van der Waals surface area contributed by atoms with Gasteiger partial charge in [-0.2, -0.15) is 11.8 Å². The lowest BCUT2D eigenvalue weighted by Crippen LogP contribution is -2.55. The van der Waals surface area contributed by atoms with Crippen molar-refractivity contribution in [3.63, 3.8) is 0 Å². The molecule has 2 fully saturated rings. The van der Waals surface area contributed by atoms with Crippen LogP contribution in [0.4, 0.5) is 0 Å². The number of thioether (sulfide) groups is 1. The summed E-state index contributed by atoms with van der Waals surface area (Å²) >= 11 is 2.10. The fourth-order valence-corrected chi connectivity index (χ4v) is 4.94. The molecule has 0 spiro atoms. The summed E-state index contributed by atoms with van der Waals surface area (Å²) in [5.41, 5.74) is 0.393. The van der Waals surface area contributed by atoms with E-state index in [0.29, 0.717) is 23.5 Å². The summed E-state index contributed by atoms with van der Waals surface area (Å²) in [5, 5.41) is 13.5. The number of hydrogen-bond acceptors (Lipinski definition) is 4. The van der Waals surface area contributed by atoms with Gasteiger partial charge in [0.05, 0.1) is 6.54 Å². The van der Waals surface area contributed by atoms with Gasteiger partial charge in [0, 0.05) is 29.1 Å². The van der Waals surface area contributed by atoms with Crippen LogP contribution < -0.4 is 5.32 Å². The summed E-state index contributed by atoms with van der Waals surface area (Å²) < 4.78 is 0. The largest absolute Gasteiger partial charge is 0.480 e. The minimum Gasteiger partial charge on any atom is -0.480 e. The molecule has 2 rings (SSSR count). The highest BCUT2D eigenvalue weighted by Gasteiger charge is 2.38. The quantitative estimate of drug-likeness (QED) is 0.788. The number of nitrogens with one attached hydrogen (secondary N) is 1. The van der Waals surface area contributed by atoms with Crippen LogP contribution in [0.15, 0.2) is 0 Å².